The normalized spacial score (nSPS) is 10.8. The number of benzene rings is 1. The molecular formula is C13H12N4O2S. The van der Waals surface area contributed by atoms with Crippen molar-refractivity contribution in [2.45, 2.75) is 11.8 Å². The average molecular weight is 288 g/mol. The zero-order valence-corrected chi connectivity index (χ0v) is 11.5. The Bertz CT molecular complexity index is 794. The summed E-state index contributed by atoms with van der Waals surface area (Å²) in [7, 11) is -3.80. The molecule has 0 aliphatic heterocycles. The molecule has 3 N–H and O–H groups in total. The van der Waals surface area contributed by atoms with Crippen LogP contribution in [0.1, 0.15) is 11.1 Å². The summed E-state index contributed by atoms with van der Waals surface area (Å²) in [5, 5.41) is 8.75. The van der Waals surface area contributed by atoms with E-state index in [9.17, 15) is 8.42 Å². The number of hydrogen-bond acceptors (Lipinski definition) is 5. The van der Waals surface area contributed by atoms with Gasteiger partial charge in [0.05, 0.1) is 23.0 Å². The van der Waals surface area contributed by atoms with E-state index in [1.165, 1.54) is 24.4 Å². The van der Waals surface area contributed by atoms with Crippen molar-refractivity contribution in [2.24, 2.45) is 0 Å². The molecule has 0 spiro atoms. The van der Waals surface area contributed by atoms with Gasteiger partial charge < -0.3 is 5.73 Å². The van der Waals surface area contributed by atoms with Crippen molar-refractivity contribution in [3.8, 4) is 6.07 Å². The Kier molecular flexibility index (Phi) is 3.59. The van der Waals surface area contributed by atoms with Crippen molar-refractivity contribution >= 4 is 21.4 Å². The molecule has 6 nitrogen and oxygen atoms in total. The van der Waals surface area contributed by atoms with Gasteiger partial charge in [-0.1, -0.05) is 0 Å². The topological polar surface area (TPSA) is 109 Å². The third-order valence-corrected chi connectivity index (χ3v) is 4.13. The van der Waals surface area contributed by atoms with Crippen molar-refractivity contribution in [3.05, 3.63) is 47.8 Å². The highest BCUT2D eigenvalue weighted by Gasteiger charge is 2.18. The predicted molar refractivity (Wildman–Crippen MR) is 75.4 cm³/mol. The van der Waals surface area contributed by atoms with Gasteiger partial charge in [0.15, 0.2) is 0 Å². The number of aryl methyl sites for hydroxylation is 1. The van der Waals surface area contributed by atoms with E-state index in [1.807, 2.05) is 6.07 Å². The Morgan fingerprint density at radius 3 is 2.70 bits per heavy atom. The van der Waals surface area contributed by atoms with Crippen LogP contribution in [0.25, 0.3) is 0 Å². The van der Waals surface area contributed by atoms with Gasteiger partial charge in [0.2, 0.25) is 0 Å². The number of aromatic nitrogens is 1. The Morgan fingerprint density at radius 2 is 2.10 bits per heavy atom. The van der Waals surface area contributed by atoms with Crippen LogP contribution in [0.3, 0.4) is 0 Å². The van der Waals surface area contributed by atoms with Crippen molar-refractivity contribution in [3.63, 3.8) is 0 Å². The summed E-state index contributed by atoms with van der Waals surface area (Å²) in [6, 6.07) is 7.51. The maximum atomic E-state index is 12.3. The number of nitrogens with zero attached hydrogens (tertiary/aromatic N) is 2. The number of sulfonamides is 1. The van der Waals surface area contributed by atoms with Gasteiger partial charge in [0, 0.05) is 12.4 Å². The van der Waals surface area contributed by atoms with Gasteiger partial charge in [-0.3, -0.25) is 9.71 Å². The number of nitriles is 1. The highest BCUT2D eigenvalue weighted by Crippen LogP contribution is 2.23. The number of hydrogen-bond donors (Lipinski definition) is 2. The standard InChI is InChI=1S/C13H12N4O2S/c1-9-8-16-5-4-12(9)17-20(18,19)13-3-2-10(7-14)6-11(13)15/h2-6,8H,15H2,1H3,(H,16,17). The molecule has 0 unspecified atom stereocenters. The van der Waals surface area contributed by atoms with Gasteiger partial charge in [-0.25, -0.2) is 8.42 Å². The zero-order chi connectivity index (χ0) is 14.8. The van der Waals surface area contributed by atoms with E-state index in [2.05, 4.69) is 9.71 Å². The van der Waals surface area contributed by atoms with E-state index in [1.54, 1.807) is 19.2 Å². The minimum atomic E-state index is -3.80. The van der Waals surface area contributed by atoms with Crippen LogP contribution in [0, 0.1) is 18.3 Å². The van der Waals surface area contributed by atoms with Crippen LogP contribution in [0.2, 0.25) is 0 Å². The largest absolute Gasteiger partial charge is 0.398 e. The molecule has 7 heteroatoms. The molecular weight excluding hydrogens is 276 g/mol. The summed E-state index contributed by atoms with van der Waals surface area (Å²) in [6.45, 7) is 1.74. The van der Waals surface area contributed by atoms with Crippen LogP contribution in [0.4, 0.5) is 11.4 Å². The molecule has 0 aliphatic carbocycles. The molecule has 0 saturated heterocycles. The second kappa shape index (κ2) is 5.19. The van der Waals surface area contributed by atoms with Gasteiger partial charge in [-0.05, 0) is 36.8 Å². The average Bonchev–Trinajstić information content (AvgIpc) is 2.40. The van der Waals surface area contributed by atoms with Crippen LogP contribution in [0.15, 0.2) is 41.6 Å². The molecule has 0 aliphatic rings. The first-order valence-electron chi connectivity index (χ1n) is 5.67. The first kappa shape index (κ1) is 13.8. The fraction of sp³-hybridized carbons (Fsp3) is 0.0769. The van der Waals surface area contributed by atoms with E-state index in [-0.39, 0.29) is 10.6 Å². The highest BCUT2D eigenvalue weighted by molar-refractivity contribution is 7.92. The fourth-order valence-corrected chi connectivity index (χ4v) is 2.90. The number of anilines is 2. The maximum Gasteiger partial charge on any atom is 0.263 e. The monoisotopic (exact) mass is 288 g/mol. The molecule has 2 rings (SSSR count). The molecule has 0 atom stereocenters. The highest BCUT2D eigenvalue weighted by atomic mass is 32.2. The van der Waals surface area contributed by atoms with Crippen molar-refractivity contribution in [1.82, 2.24) is 4.98 Å². The lowest BCUT2D eigenvalue weighted by Gasteiger charge is -2.11. The Balaban J connectivity index is 2.42. The summed E-state index contributed by atoms with van der Waals surface area (Å²) in [4.78, 5) is 3.83. The molecule has 0 saturated carbocycles. The minimum absolute atomic E-state index is 0.0308. The van der Waals surface area contributed by atoms with Crippen molar-refractivity contribution in [1.29, 1.82) is 5.26 Å². The first-order chi connectivity index (χ1) is 9.44. The fourth-order valence-electron chi connectivity index (χ4n) is 1.65. The zero-order valence-electron chi connectivity index (χ0n) is 10.7. The second-order valence-electron chi connectivity index (χ2n) is 4.16. The lowest BCUT2D eigenvalue weighted by molar-refractivity contribution is 0.601. The van der Waals surface area contributed by atoms with Gasteiger partial charge in [0.25, 0.3) is 10.0 Å². The molecule has 0 amide bonds. The summed E-state index contributed by atoms with van der Waals surface area (Å²) < 4.78 is 27.0. The molecule has 102 valence electrons. The Labute approximate surface area is 116 Å². The second-order valence-corrected chi connectivity index (χ2v) is 5.81. The summed E-state index contributed by atoms with van der Waals surface area (Å²) in [6.07, 6.45) is 3.05. The van der Waals surface area contributed by atoms with Crippen LogP contribution < -0.4 is 10.5 Å². The van der Waals surface area contributed by atoms with E-state index in [0.717, 1.165) is 0 Å². The number of nitrogen functional groups attached to an aromatic ring is 1. The molecule has 2 aromatic rings. The van der Waals surface area contributed by atoms with E-state index in [0.29, 0.717) is 16.8 Å². The third kappa shape index (κ3) is 2.70. The third-order valence-electron chi connectivity index (χ3n) is 2.69. The molecule has 0 fully saturated rings. The molecule has 1 heterocycles. The summed E-state index contributed by atoms with van der Waals surface area (Å²) in [5.41, 5.74) is 7.16. The lowest BCUT2D eigenvalue weighted by atomic mass is 10.2. The van der Waals surface area contributed by atoms with Gasteiger partial charge >= 0.3 is 0 Å². The molecule has 1 aromatic heterocycles. The van der Waals surface area contributed by atoms with Crippen LogP contribution in [-0.4, -0.2) is 13.4 Å². The molecule has 1 aromatic carbocycles. The van der Waals surface area contributed by atoms with E-state index in [4.69, 9.17) is 11.0 Å². The van der Waals surface area contributed by atoms with Gasteiger partial charge in [-0.2, -0.15) is 5.26 Å². The maximum absolute atomic E-state index is 12.3. The van der Waals surface area contributed by atoms with Crippen LogP contribution >= 0.6 is 0 Å². The van der Waals surface area contributed by atoms with E-state index < -0.39 is 10.0 Å². The Hall–Kier alpha value is -2.59. The number of nitrogens with one attached hydrogen (secondary N) is 1. The number of nitrogens with two attached hydrogens (primary N) is 1. The van der Waals surface area contributed by atoms with Crippen molar-refractivity contribution in [2.75, 3.05) is 10.5 Å². The summed E-state index contributed by atoms with van der Waals surface area (Å²) >= 11 is 0. The van der Waals surface area contributed by atoms with E-state index >= 15 is 0 Å². The molecule has 0 bridgehead atoms. The number of pyridine rings is 1. The smallest absolute Gasteiger partial charge is 0.263 e. The van der Waals surface area contributed by atoms with Gasteiger partial charge in [-0.15, -0.1) is 0 Å². The number of rotatable bonds is 3. The summed E-state index contributed by atoms with van der Waals surface area (Å²) in [5.74, 6) is 0. The van der Waals surface area contributed by atoms with Crippen LogP contribution in [0.5, 0.6) is 0 Å². The molecule has 20 heavy (non-hydrogen) atoms. The molecule has 0 radical (unpaired) electrons. The lowest BCUT2D eigenvalue weighted by Crippen LogP contribution is -2.15. The van der Waals surface area contributed by atoms with Crippen LogP contribution in [-0.2, 0) is 10.0 Å². The Morgan fingerprint density at radius 1 is 1.35 bits per heavy atom. The quantitative estimate of drug-likeness (QED) is 0.834. The SMILES string of the molecule is Cc1cnccc1NS(=O)(=O)c1ccc(C#N)cc1N. The minimum Gasteiger partial charge on any atom is -0.398 e. The van der Waals surface area contributed by atoms with Gasteiger partial charge in [0.1, 0.15) is 4.90 Å². The van der Waals surface area contributed by atoms with Crippen molar-refractivity contribution < 1.29 is 8.42 Å². The first-order valence-corrected chi connectivity index (χ1v) is 7.15. The predicted octanol–water partition coefficient (Wildman–Crippen LogP) is 1.64.